The molecule has 0 N–H and O–H groups in total. The molecule has 0 unspecified atom stereocenters. The van der Waals surface area contributed by atoms with Gasteiger partial charge in [0.2, 0.25) is 0 Å². The van der Waals surface area contributed by atoms with Gasteiger partial charge in [-0.15, -0.1) is 11.5 Å². The molecule has 0 bridgehead atoms. The molecule has 1 fully saturated rings. The van der Waals surface area contributed by atoms with Crippen molar-refractivity contribution in [3.8, 4) is 11.5 Å². The summed E-state index contributed by atoms with van der Waals surface area (Å²) in [5.41, 5.74) is 3.59. The molecule has 0 aliphatic heterocycles. The molecule has 2 atom stereocenters. The third-order valence-corrected chi connectivity index (χ3v) is 10.9. The van der Waals surface area contributed by atoms with E-state index in [-0.39, 0.29) is 5.04 Å². The van der Waals surface area contributed by atoms with Crippen molar-refractivity contribution in [2.24, 2.45) is 11.8 Å². The van der Waals surface area contributed by atoms with Gasteiger partial charge in [0.15, 0.2) is 8.32 Å². The Balaban J connectivity index is 2.99. The fraction of sp³-hybridized carbons (Fsp3) is 0.900. The zero-order chi connectivity index (χ0) is 17.9. The molecular weight excluding hydrogens is 312 g/mol. The van der Waals surface area contributed by atoms with E-state index in [1.165, 1.54) is 32.1 Å². The lowest BCUT2D eigenvalue weighted by atomic mass is 9.81. The summed E-state index contributed by atoms with van der Waals surface area (Å²) in [6, 6.07) is 0. The van der Waals surface area contributed by atoms with Crippen molar-refractivity contribution in [3.63, 3.8) is 0 Å². The van der Waals surface area contributed by atoms with Gasteiger partial charge in [-0.2, -0.15) is 0 Å². The molecule has 0 aromatic heterocycles. The molecule has 0 spiro atoms. The van der Waals surface area contributed by atoms with Crippen molar-refractivity contribution < 1.29 is 4.43 Å². The van der Waals surface area contributed by atoms with E-state index in [0.717, 1.165) is 0 Å². The second-order valence-corrected chi connectivity index (χ2v) is 19.6. The molecule has 1 nitrogen and oxygen atoms in total. The van der Waals surface area contributed by atoms with Crippen LogP contribution >= 0.6 is 0 Å². The van der Waals surface area contributed by atoms with E-state index in [1.54, 1.807) is 0 Å². The van der Waals surface area contributed by atoms with Crippen LogP contribution in [0.3, 0.4) is 0 Å². The summed E-state index contributed by atoms with van der Waals surface area (Å²) in [4.78, 5) is 0. The lowest BCUT2D eigenvalue weighted by molar-refractivity contribution is 0.0680. The minimum Gasteiger partial charge on any atom is -0.412 e. The maximum atomic E-state index is 6.92. The third kappa shape index (κ3) is 6.76. The lowest BCUT2D eigenvalue weighted by Crippen LogP contribution is -2.48. The molecule has 0 heterocycles. The number of rotatable bonds is 4. The second-order valence-electron chi connectivity index (χ2n) is 10.0. The zero-order valence-electron chi connectivity index (χ0n) is 17.2. The smallest absolute Gasteiger partial charge is 0.192 e. The van der Waals surface area contributed by atoms with E-state index in [1.807, 2.05) is 0 Å². The monoisotopic (exact) mass is 352 g/mol. The summed E-state index contributed by atoms with van der Waals surface area (Å²) in [7, 11) is -3.06. The number of hydrogen-bond acceptors (Lipinski definition) is 1. The van der Waals surface area contributed by atoms with Crippen LogP contribution in [0.15, 0.2) is 0 Å². The maximum absolute atomic E-state index is 6.92. The van der Waals surface area contributed by atoms with Gasteiger partial charge in [0, 0.05) is 5.92 Å². The Morgan fingerprint density at radius 1 is 0.957 bits per heavy atom. The van der Waals surface area contributed by atoms with Gasteiger partial charge in [-0.3, -0.25) is 0 Å². The quantitative estimate of drug-likeness (QED) is 0.416. The van der Waals surface area contributed by atoms with E-state index in [4.69, 9.17) is 4.43 Å². The molecule has 0 aromatic carbocycles. The minimum atomic E-state index is -1.75. The van der Waals surface area contributed by atoms with E-state index in [9.17, 15) is 0 Å². The molecule has 23 heavy (non-hydrogen) atoms. The molecule has 0 aromatic rings. The first-order chi connectivity index (χ1) is 10.3. The summed E-state index contributed by atoms with van der Waals surface area (Å²) in [5.74, 6) is 4.67. The average Bonchev–Trinajstić information content (AvgIpc) is 2.41. The van der Waals surface area contributed by atoms with Gasteiger partial charge < -0.3 is 4.43 Å². The van der Waals surface area contributed by atoms with E-state index < -0.39 is 16.4 Å². The molecule has 1 saturated carbocycles. The van der Waals surface area contributed by atoms with Crippen LogP contribution in [0, 0.1) is 23.3 Å². The van der Waals surface area contributed by atoms with Gasteiger partial charge in [0.25, 0.3) is 0 Å². The Labute approximate surface area is 148 Å². The van der Waals surface area contributed by atoms with Gasteiger partial charge in [-0.25, -0.2) is 0 Å². The fourth-order valence-corrected chi connectivity index (χ4v) is 5.09. The molecule has 1 aliphatic rings. The standard InChI is InChI=1S/C20H40OSi2/c1-17(15-16-22(5,6)7)19(18-13-11-10-12-14-18)21-23(8,9)20(2,3)4/h17-19H,10-14H2,1-9H3/t17-,19-/m1/s1. The summed E-state index contributed by atoms with van der Waals surface area (Å²) >= 11 is 0. The van der Waals surface area contributed by atoms with Crippen LogP contribution < -0.4 is 0 Å². The highest BCUT2D eigenvalue weighted by molar-refractivity contribution is 6.83. The van der Waals surface area contributed by atoms with Crippen molar-refractivity contribution >= 4 is 16.4 Å². The van der Waals surface area contributed by atoms with Gasteiger partial charge in [0.05, 0.1) is 6.10 Å². The lowest BCUT2D eigenvalue weighted by Gasteiger charge is -2.43. The molecule has 1 aliphatic carbocycles. The Bertz CT molecular complexity index is 425. The predicted octanol–water partition coefficient (Wildman–Crippen LogP) is 6.47. The Morgan fingerprint density at radius 2 is 1.48 bits per heavy atom. The minimum absolute atomic E-state index is 0.270. The van der Waals surface area contributed by atoms with Crippen LogP contribution in [0.1, 0.15) is 59.8 Å². The van der Waals surface area contributed by atoms with Crippen molar-refractivity contribution in [2.75, 3.05) is 0 Å². The Kier molecular flexibility index (Phi) is 7.20. The largest absolute Gasteiger partial charge is 0.412 e. The van der Waals surface area contributed by atoms with Gasteiger partial charge in [-0.05, 0) is 43.8 Å². The normalized spacial score (nSPS) is 20.6. The van der Waals surface area contributed by atoms with Gasteiger partial charge in [-0.1, -0.05) is 59.7 Å². The first-order valence-corrected chi connectivity index (χ1v) is 15.9. The first kappa shape index (κ1) is 21.0. The molecule has 0 amide bonds. The topological polar surface area (TPSA) is 9.23 Å². The SMILES string of the molecule is C[C@H](C#C[Si](C)(C)C)[C@@H](O[Si](C)(C)C(C)(C)C)C1CCCCC1. The summed E-state index contributed by atoms with van der Waals surface area (Å²) < 4.78 is 6.92. The highest BCUT2D eigenvalue weighted by Crippen LogP contribution is 2.41. The maximum Gasteiger partial charge on any atom is 0.192 e. The van der Waals surface area contributed by atoms with Crippen molar-refractivity contribution in [1.29, 1.82) is 0 Å². The Hall–Kier alpha value is -0.0462. The summed E-state index contributed by atoms with van der Waals surface area (Å²) in [5, 5.41) is 0.270. The van der Waals surface area contributed by atoms with E-state index in [0.29, 0.717) is 17.9 Å². The van der Waals surface area contributed by atoms with E-state index >= 15 is 0 Å². The second kappa shape index (κ2) is 7.89. The summed E-state index contributed by atoms with van der Waals surface area (Å²) in [6.07, 6.45) is 7.14. The predicted molar refractivity (Wildman–Crippen MR) is 109 cm³/mol. The van der Waals surface area contributed by atoms with Crippen LogP contribution in [-0.4, -0.2) is 22.5 Å². The van der Waals surface area contributed by atoms with Crippen molar-refractivity contribution in [2.45, 2.75) is 104 Å². The molecular formula is C20H40OSi2. The molecule has 3 heteroatoms. The number of hydrogen-bond donors (Lipinski definition) is 0. The van der Waals surface area contributed by atoms with Crippen molar-refractivity contribution in [3.05, 3.63) is 0 Å². The highest BCUT2D eigenvalue weighted by atomic mass is 28.4. The average molecular weight is 353 g/mol. The fourth-order valence-electron chi connectivity index (χ4n) is 3.00. The van der Waals surface area contributed by atoms with E-state index in [2.05, 4.69) is 71.9 Å². The Morgan fingerprint density at radius 3 is 1.91 bits per heavy atom. The van der Waals surface area contributed by atoms with Crippen LogP contribution in [-0.2, 0) is 4.43 Å². The van der Waals surface area contributed by atoms with Crippen molar-refractivity contribution in [1.82, 2.24) is 0 Å². The molecule has 134 valence electrons. The highest BCUT2D eigenvalue weighted by Gasteiger charge is 2.42. The van der Waals surface area contributed by atoms with Crippen LogP contribution in [0.5, 0.6) is 0 Å². The molecule has 1 rings (SSSR count). The third-order valence-electron chi connectivity index (χ3n) is 5.52. The van der Waals surface area contributed by atoms with Crippen LogP contribution in [0.2, 0.25) is 37.8 Å². The van der Waals surface area contributed by atoms with Crippen LogP contribution in [0.25, 0.3) is 0 Å². The van der Waals surface area contributed by atoms with Gasteiger partial charge in [0.1, 0.15) is 8.07 Å². The molecule has 0 saturated heterocycles. The van der Waals surface area contributed by atoms with Gasteiger partial charge >= 0.3 is 0 Å². The zero-order valence-corrected chi connectivity index (χ0v) is 19.2. The molecule has 0 radical (unpaired) electrons. The summed E-state index contributed by atoms with van der Waals surface area (Å²) in [6.45, 7) is 21.1. The van der Waals surface area contributed by atoms with Crippen LogP contribution in [0.4, 0.5) is 0 Å². The first-order valence-electron chi connectivity index (χ1n) is 9.54.